The number of aromatic nitrogens is 4. The van der Waals surface area contributed by atoms with Gasteiger partial charge in [0.25, 0.3) is 5.91 Å². The van der Waals surface area contributed by atoms with Gasteiger partial charge in [-0.2, -0.15) is 0 Å². The van der Waals surface area contributed by atoms with Crippen molar-refractivity contribution in [2.75, 3.05) is 37.5 Å². The van der Waals surface area contributed by atoms with Gasteiger partial charge in [-0.25, -0.2) is 15.0 Å². The summed E-state index contributed by atoms with van der Waals surface area (Å²) in [5.74, 6) is 2.67. The molecule has 3 aromatic heterocycles. The number of nitrogens with zero attached hydrogens (tertiary/aromatic N) is 5. The van der Waals surface area contributed by atoms with Crippen molar-refractivity contribution >= 4 is 28.3 Å². The summed E-state index contributed by atoms with van der Waals surface area (Å²) < 4.78 is 17.0. The van der Waals surface area contributed by atoms with E-state index in [2.05, 4.69) is 20.2 Å². The Morgan fingerprint density at radius 1 is 0.905 bits per heavy atom. The predicted molar refractivity (Wildman–Crippen MR) is 159 cm³/mol. The minimum Gasteiger partial charge on any atom is -0.493 e. The molecule has 0 atom stereocenters. The maximum Gasteiger partial charge on any atom is 0.294 e. The van der Waals surface area contributed by atoms with Gasteiger partial charge in [-0.15, -0.1) is 0 Å². The molecule has 42 heavy (non-hydrogen) atoms. The zero-order valence-corrected chi connectivity index (χ0v) is 23.2. The highest BCUT2D eigenvalue weighted by molar-refractivity contribution is 6.02. The zero-order valence-electron chi connectivity index (χ0n) is 23.2. The number of anilines is 2. The first-order valence-corrected chi connectivity index (χ1v) is 13.8. The molecule has 10 heteroatoms. The van der Waals surface area contributed by atoms with Gasteiger partial charge in [-0.3, -0.25) is 9.78 Å². The van der Waals surface area contributed by atoms with Crippen molar-refractivity contribution in [3.8, 4) is 34.3 Å². The van der Waals surface area contributed by atoms with Crippen molar-refractivity contribution in [2.45, 2.75) is 18.8 Å². The highest BCUT2D eigenvalue weighted by Crippen LogP contribution is 2.45. The second kappa shape index (κ2) is 10.6. The largest absolute Gasteiger partial charge is 0.493 e. The van der Waals surface area contributed by atoms with Crippen LogP contribution in [0.5, 0.6) is 23.0 Å². The molecule has 0 radical (unpaired) electrons. The maximum absolute atomic E-state index is 13.4. The molecule has 2 bridgehead atoms. The Bertz CT molecular complexity index is 1790. The first kappa shape index (κ1) is 25.7. The van der Waals surface area contributed by atoms with Crippen LogP contribution in [0, 0.1) is 0 Å². The second-order valence-electron chi connectivity index (χ2n) is 10.2. The van der Waals surface area contributed by atoms with Crippen molar-refractivity contribution in [3.05, 3.63) is 84.6 Å². The van der Waals surface area contributed by atoms with Gasteiger partial charge >= 0.3 is 0 Å². The SMILES string of the molecule is COc1cc2nccc(Oc3ccc(NC(=O)c4nc(-c5ccccc5)c5c(n4)C4CCN5CC4)nc3)c2cc1OC. The molecule has 5 aromatic rings. The summed E-state index contributed by atoms with van der Waals surface area (Å²) >= 11 is 0. The topological polar surface area (TPSA) is 112 Å². The van der Waals surface area contributed by atoms with E-state index in [4.69, 9.17) is 24.2 Å². The molecule has 10 nitrogen and oxygen atoms in total. The van der Waals surface area contributed by atoms with Crippen LogP contribution >= 0.6 is 0 Å². The smallest absolute Gasteiger partial charge is 0.294 e. The molecule has 1 amide bonds. The minimum atomic E-state index is -0.409. The number of amides is 1. The van der Waals surface area contributed by atoms with Crippen LogP contribution in [-0.2, 0) is 0 Å². The summed E-state index contributed by atoms with van der Waals surface area (Å²) in [5.41, 5.74) is 4.48. The normalized spacial score (nSPS) is 14.0. The molecule has 3 aliphatic rings. The minimum absolute atomic E-state index is 0.135. The van der Waals surface area contributed by atoms with Gasteiger partial charge in [0, 0.05) is 42.2 Å². The number of nitrogens with one attached hydrogen (secondary N) is 1. The van der Waals surface area contributed by atoms with Gasteiger partial charge in [0.15, 0.2) is 11.5 Å². The van der Waals surface area contributed by atoms with Gasteiger partial charge in [0.05, 0.1) is 43.0 Å². The van der Waals surface area contributed by atoms with E-state index in [9.17, 15) is 4.79 Å². The van der Waals surface area contributed by atoms with Gasteiger partial charge < -0.3 is 24.4 Å². The third-order valence-corrected chi connectivity index (χ3v) is 7.77. The standard InChI is InChI=1S/C32H28N6O4/c1-40-25-16-22-23(17-26(25)41-2)33-13-10-24(22)42-21-8-9-27(34-18-21)35-32(39)31-36-28(19-6-4-3-5-7-19)30-29(37-31)20-11-14-38(30)15-12-20/h3-10,13,16-18,20H,11-12,14-15H2,1-2H3,(H,34,35,39). The molecule has 8 rings (SSSR count). The number of hydrogen-bond donors (Lipinski definition) is 1. The van der Waals surface area contributed by atoms with E-state index in [1.165, 1.54) is 0 Å². The van der Waals surface area contributed by atoms with Gasteiger partial charge in [0.2, 0.25) is 5.82 Å². The van der Waals surface area contributed by atoms with Crippen LogP contribution in [0.4, 0.5) is 11.5 Å². The molecule has 1 fully saturated rings. The predicted octanol–water partition coefficient (Wildman–Crippen LogP) is 5.85. The molecule has 1 N–H and O–H groups in total. The quantitative estimate of drug-likeness (QED) is 0.262. The summed E-state index contributed by atoms with van der Waals surface area (Å²) in [7, 11) is 3.16. The van der Waals surface area contributed by atoms with E-state index in [-0.39, 0.29) is 5.82 Å². The summed E-state index contributed by atoms with van der Waals surface area (Å²) in [6.07, 6.45) is 5.29. The van der Waals surface area contributed by atoms with E-state index < -0.39 is 5.91 Å². The van der Waals surface area contributed by atoms with E-state index in [0.717, 1.165) is 54.0 Å². The fraction of sp³-hybridized carbons (Fsp3) is 0.219. The Kier molecular flexibility index (Phi) is 6.50. The van der Waals surface area contributed by atoms with Crippen LogP contribution < -0.4 is 24.4 Å². The van der Waals surface area contributed by atoms with Crippen LogP contribution in [0.15, 0.2) is 73.1 Å². The lowest BCUT2D eigenvalue weighted by Gasteiger charge is -2.42. The number of methoxy groups -OCH3 is 2. The number of rotatable bonds is 7. The summed E-state index contributed by atoms with van der Waals surface area (Å²) in [6, 6.07) is 18.8. The molecule has 210 valence electrons. The second-order valence-corrected chi connectivity index (χ2v) is 10.2. The molecule has 0 unspecified atom stereocenters. The van der Waals surface area contributed by atoms with E-state index in [1.807, 2.05) is 36.4 Å². The van der Waals surface area contributed by atoms with Crippen LogP contribution in [0.2, 0.25) is 0 Å². The van der Waals surface area contributed by atoms with Crippen molar-refractivity contribution in [2.24, 2.45) is 0 Å². The average molecular weight is 561 g/mol. The Hall–Kier alpha value is -5.25. The number of ether oxygens (including phenoxy) is 3. The van der Waals surface area contributed by atoms with Crippen LogP contribution in [0.25, 0.3) is 22.2 Å². The average Bonchev–Trinajstić information content (AvgIpc) is 3.05. The zero-order chi connectivity index (χ0) is 28.6. The lowest BCUT2D eigenvalue weighted by molar-refractivity contribution is 0.101. The third kappa shape index (κ3) is 4.60. The number of fused-ring (bicyclic) bond motifs is 3. The van der Waals surface area contributed by atoms with Crippen molar-refractivity contribution in [1.29, 1.82) is 0 Å². The summed E-state index contributed by atoms with van der Waals surface area (Å²) in [6.45, 7) is 1.98. The van der Waals surface area contributed by atoms with Gasteiger partial charge in [-0.1, -0.05) is 30.3 Å². The van der Waals surface area contributed by atoms with Crippen LogP contribution in [0.3, 0.4) is 0 Å². The summed E-state index contributed by atoms with van der Waals surface area (Å²) in [4.78, 5) is 34.1. The lowest BCUT2D eigenvalue weighted by Crippen LogP contribution is -2.40. The Labute approximate surface area is 242 Å². The van der Waals surface area contributed by atoms with Crippen LogP contribution in [-0.4, -0.2) is 53.2 Å². The maximum atomic E-state index is 13.4. The molecule has 0 spiro atoms. The van der Waals surface area contributed by atoms with Crippen molar-refractivity contribution in [3.63, 3.8) is 0 Å². The number of piperidine rings is 1. The Balaban J connectivity index is 1.14. The lowest BCUT2D eigenvalue weighted by atomic mass is 9.85. The van der Waals surface area contributed by atoms with Gasteiger partial charge in [-0.05, 0) is 37.1 Å². The van der Waals surface area contributed by atoms with Crippen LogP contribution in [0.1, 0.15) is 35.1 Å². The number of benzene rings is 2. The molecular weight excluding hydrogens is 532 g/mol. The molecular formula is C32H28N6O4. The monoisotopic (exact) mass is 560 g/mol. The Morgan fingerprint density at radius 2 is 1.69 bits per heavy atom. The highest BCUT2D eigenvalue weighted by Gasteiger charge is 2.36. The molecule has 1 saturated heterocycles. The molecule has 2 aromatic carbocycles. The molecule has 6 heterocycles. The fourth-order valence-electron chi connectivity index (χ4n) is 5.69. The number of carbonyl (C=O) groups excluding carboxylic acids is 1. The van der Waals surface area contributed by atoms with E-state index in [1.54, 1.807) is 50.9 Å². The number of pyridine rings is 2. The van der Waals surface area contributed by atoms with E-state index >= 15 is 0 Å². The molecule has 0 saturated carbocycles. The van der Waals surface area contributed by atoms with E-state index in [0.29, 0.717) is 40.3 Å². The number of carbonyl (C=O) groups is 1. The summed E-state index contributed by atoms with van der Waals surface area (Å²) in [5, 5.41) is 3.61. The third-order valence-electron chi connectivity index (χ3n) is 7.77. The van der Waals surface area contributed by atoms with Gasteiger partial charge in [0.1, 0.15) is 17.3 Å². The molecule has 3 aliphatic heterocycles. The fourth-order valence-corrected chi connectivity index (χ4v) is 5.69. The van der Waals surface area contributed by atoms with Crippen molar-refractivity contribution in [1.82, 2.24) is 19.9 Å². The van der Waals surface area contributed by atoms with Crippen molar-refractivity contribution < 1.29 is 19.0 Å². The molecule has 0 aliphatic carbocycles. The highest BCUT2D eigenvalue weighted by atomic mass is 16.5. The number of hydrogen-bond acceptors (Lipinski definition) is 9. The Morgan fingerprint density at radius 3 is 2.43 bits per heavy atom. The first-order valence-electron chi connectivity index (χ1n) is 13.8. The first-order chi connectivity index (χ1) is 20.6.